The summed E-state index contributed by atoms with van der Waals surface area (Å²) in [5, 5.41) is 5.76. The lowest BCUT2D eigenvalue weighted by atomic mass is 9.96. The number of pyridine rings is 1. The highest BCUT2D eigenvalue weighted by Gasteiger charge is 2.23. The average Bonchev–Trinajstić information content (AvgIpc) is 3.36. The third kappa shape index (κ3) is 7.03. The Morgan fingerprint density at radius 3 is 2.33 bits per heavy atom. The van der Waals surface area contributed by atoms with Crippen molar-refractivity contribution in [1.29, 1.82) is 0 Å². The van der Waals surface area contributed by atoms with E-state index < -0.39 is 17.2 Å². The monoisotopic (exact) mass is 497 g/mol. The van der Waals surface area contributed by atoms with Crippen LogP contribution < -0.4 is 16.1 Å². The van der Waals surface area contributed by atoms with Crippen molar-refractivity contribution < 1.29 is 18.7 Å². The van der Waals surface area contributed by atoms with Gasteiger partial charge in [-0.3, -0.25) is 14.4 Å². The Morgan fingerprint density at radius 2 is 1.64 bits per heavy atom. The van der Waals surface area contributed by atoms with Gasteiger partial charge < -0.3 is 19.9 Å². The number of ether oxygens (including phenoxy) is 1. The molecular formula is C28H36FN3O4. The van der Waals surface area contributed by atoms with Gasteiger partial charge in [0.15, 0.2) is 0 Å². The number of nitrogens with one attached hydrogen (secondary N) is 2. The average molecular weight is 498 g/mol. The van der Waals surface area contributed by atoms with Crippen molar-refractivity contribution in [2.75, 3.05) is 13.2 Å². The smallest absolute Gasteiger partial charge is 0.256 e. The maximum Gasteiger partial charge on any atom is 0.256 e. The standard InChI is InChI=1S/C28H36FN3O4/c29-25-13-7-6-9-20(25)14-15-30-27(34)23-18-32(17-22-12-8-16-36-22)19-24(26(23)33)28(35)31-21-10-4-2-1-3-5-11-21/h6-7,9,13,18-19,21-22H,1-5,8,10-12,14-17H2,(H,30,34)(H,31,35)/t22-/m0/s1. The zero-order valence-electron chi connectivity index (χ0n) is 20.8. The van der Waals surface area contributed by atoms with Crippen molar-refractivity contribution in [2.45, 2.75) is 82.9 Å². The minimum Gasteiger partial charge on any atom is -0.376 e. The number of amides is 2. The molecule has 36 heavy (non-hydrogen) atoms. The molecule has 2 amide bonds. The zero-order valence-corrected chi connectivity index (χ0v) is 20.8. The molecule has 0 radical (unpaired) electrons. The molecule has 1 aromatic heterocycles. The van der Waals surface area contributed by atoms with Gasteiger partial charge >= 0.3 is 0 Å². The largest absolute Gasteiger partial charge is 0.376 e. The van der Waals surface area contributed by atoms with E-state index in [2.05, 4.69) is 10.6 Å². The Kier molecular flexibility index (Phi) is 9.28. The number of aromatic nitrogens is 1. The Hall–Kier alpha value is -3.00. The summed E-state index contributed by atoms with van der Waals surface area (Å²) >= 11 is 0. The first-order valence-corrected chi connectivity index (χ1v) is 13.2. The van der Waals surface area contributed by atoms with E-state index in [9.17, 15) is 18.8 Å². The van der Waals surface area contributed by atoms with E-state index in [1.807, 2.05) is 0 Å². The molecule has 2 heterocycles. The van der Waals surface area contributed by atoms with Crippen LogP contribution in [0.15, 0.2) is 41.5 Å². The number of rotatable bonds is 8. The molecule has 4 rings (SSSR count). The Labute approximate surface area is 211 Å². The van der Waals surface area contributed by atoms with Crippen LogP contribution in [0.2, 0.25) is 0 Å². The van der Waals surface area contributed by atoms with Gasteiger partial charge in [-0.25, -0.2) is 4.39 Å². The molecule has 0 bridgehead atoms. The van der Waals surface area contributed by atoms with Crippen molar-refractivity contribution >= 4 is 11.8 Å². The minimum absolute atomic E-state index is 0.0222. The molecule has 2 aromatic rings. The zero-order chi connectivity index (χ0) is 25.3. The number of hydrogen-bond donors (Lipinski definition) is 2. The van der Waals surface area contributed by atoms with Crippen LogP contribution in [-0.4, -0.2) is 41.7 Å². The third-order valence-electron chi connectivity index (χ3n) is 7.08. The second-order valence-corrected chi connectivity index (χ2v) is 9.86. The van der Waals surface area contributed by atoms with E-state index in [0.29, 0.717) is 25.1 Å². The van der Waals surface area contributed by atoms with Gasteiger partial charge in [0.05, 0.1) is 6.10 Å². The van der Waals surface area contributed by atoms with Crippen molar-refractivity contribution in [2.24, 2.45) is 0 Å². The summed E-state index contributed by atoms with van der Waals surface area (Å²) in [6, 6.07) is 6.42. The second-order valence-electron chi connectivity index (χ2n) is 9.86. The molecule has 1 saturated heterocycles. The Bertz CT molecular complexity index is 1100. The first-order chi connectivity index (χ1) is 17.5. The van der Waals surface area contributed by atoms with E-state index in [0.717, 1.165) is 51.4 Å². The molecule has 2 N–H and O–H groups in total. The van der Waals surface area contributed by atoms with Gasteiger partial charge in [-0.1, -0.05) is 50.3 Å². The van der Waals surface area contributed by atoms with Crippen molar-refractivity contribution in [3.8, 4) is 0 Å². The Balaban J connectivity index is 1.51. The quantitative estimate of drug-likeness (QED) is 0.577. The summed E-state index contributed by atoms with van der Waals surface area (Å²) in [6.07, 6.45) is 12.6. The molecule has 1 saturated carbocycles. The topological polar surface area (TPSA) is 89.4 Å². The fourth-order valence-corrected chi connectivity index (χ4v) is 5.05. The van der Waals surface area contributed by atoms with Gasteiger partial charge in [0.25, 0.3) is 11.8 Å². The predicted molar refractivity (Wildman–Crippen MR) is 136 cm³/mol. The van der Waals surface area contributed by atoms with E-state index in [4.69, 9.17) is 4.74 Å². The van der Waals surface area contributed by atoms with Crippen LogP contribution in [0.25, 0.3) is 0 Å². The van der Waals surface area contributed by atoms with Crippen LogP contribution in [-0.2, 0) is 17.7 Å². The highest BCUT2D eigenvalue weighted by molar-refractivity contribution is 5.99. The Morgan fingerprint density at radius 1 is 0.944 bits per heavy atom. The summed E-state index contributed by atoms with van der Waals surface area (Å²) < 4.78 is 21.4. The number of halogens is 1. The molecule has 2 aliphatic rings. The lowest BCUT2D eigenvalue weighted by molar-refractivity contribution is 0.0914. The van der Waals surface area contributed by atoms with E-state index >= 15 is 0 Å². The third-order valence-corrected chi connectivity index (χ3v) is 7.08. The second kappa shape index (κ2) is 12.8. The van der Waals surface area contributed by atoms with Gasteiger partial charge in [-0.05, 0) is 43.7 Å². The van der Waals surface area contributed by atoms with Crippen LogP contribution in [0.3, 0.4) is 0 Å². The van der Waals surface area contributed by atoms with E-state index in [-0.39, 0.29) is 35.6 Å². The number of carbonyl (C=O) groups is 2. The number of benzene rings is 1. The highest BCUT2D eigenvalue weighted by Crippen LogP contribution is 2.18. The van der Waals surface area contributed by atoms with Gasteiger partial charge in [0.1, 0.15) is 16.9 Å². The summed E-state index contributed by atoms with van der Waals surface area (Å²) in [6.45, 7) is 1.31. The molecule has 2 fully saturated rings. The fraction of sp³-hybridized carbons (Fsp3) is 0.536. The van der Waals surface area contributed by atoms with Crippen LogP contribution in [0.4, 0.5) is 4.39 Å². The molecular weight excluding hydrogens is 461 g/mol. The van der Waals surface area contributed by atoms with Gasteiger partial charge in [-0.2, -0.15) is 0 Å². The predicted octanol–water partition coefficient (Wildman–Crippen LogP) is 3.98. The van der Waals surface area contributed by atoms with Crippen LogP contribution in [0.1, 0.15) is 84.1 Å². The summed E-state index contributed by atoms with van der Waals surface area (Å²) in [7, 11) is 0. The van der Waals surface area contributed by atoms with E-state index in [1.165, 1.54) is 18.7 Å². The maximum absolute atomic E-state index is 13.9. The van der Waals surface area contributed by atoms with Gasteiger partial charge in [0, 0.05) is 38.1 Å². The number of hydrogen-bond acceptors (Lipinski definition) is 4. The van der Waals surface area contributed by atoms with Crippen molar-refractivity contribution in [1.82, 2.24) is 15.2 Å². The van der Waals surface area contributed by atoms with Crippen LogP contribution in [0.5, 0.6) is 0 Å². The molecule has 1 aliphatic carbocycles. The molecule has 1 aromatic carbocycles. The lowest BCUT2D eigenvalue weighted by Gasteiger charge is -2.21. The van der Waals surface area contributed by atoms with Crippen molar-refractivity contribution in [3.63, 3.8) is 0 Å². The molecule has 8 heteroatoms. The molecule has 0 unspecified atom stereocenters. The summed E-state index contributed by atoms with van der Waals surface area (Å²) in [5.41, 5.74) is -0.227. The van der Waals surface area contributed by atoms with Gasteiger partial charge in [0.2, 0.25) is 5.43 Å². The number of nitrogens with zero attached hydrogens (tertiary/aromatic N) is 1. The summed E-state index contributed by atoms with van der Waals surface area (Å²) in [4.78, 5) is 39.5. The molecule has 7 nitrogen and oxygen atoms in total. The normalized spacial score (nSPS) is 18.9. The molecule has 1 aliphatic heterocycles. The SMILES string of the molecule is O=C(NCCc1ccccc1F)c1cn(C[C@@H]2CCCO2)cc(C(=O)NC2CCCCCCC2)c1=O. The minimum atomic E-state index is -0.592. The van der Waals surface area contributed by atoms with Crippen LogP contribution >= 0.6 is 0 Å². The number of carbonyl (C=O) groups excluding carboxylic acids is 2. The molecule has 0 spiro atoms. The lowest BCUT2D eigenvalue weighted by Crippen LogP contribution is -2.40. The highest BCUT2D eigenvalue weighted by atomic mass is 19.1. The summed E-state index contributed by atoms with van der Waals surface area (Å²) in [5.74, 6) is -1.34. The molecule has 1 atom stereocenters. The molecule has 194 valence electrons. The fourth-order valence-electron chi connectivity index (χ4n) is 5.05. The van der Waals surface area contributed by atoms with Gasteiger partial charge in [-0.15, -0.1) is 0 Å². The first kappa shape index (κ1) is 26.1. The maximum atomic E-state index is 13.9. The van der Waals surface area contributed by atoms with Crippen LogP contribution in [0, 0.1) is 5.82 Å². The van der Waals surface area contributed by atoms with E-state index in [1.54, 1.807) is 29.0 Å². The first-order valence-electron chi connectivity index (χ1n) is 13.2. The van der Waals surface area contributed by atoms with Crippen molar-refractivity contribution in [3.05, 3.63) is 69.4 Å².